The highest BCUT2D eigenvalue weighted by Gasteiger charge is 2.08. The molecule has 0 atom stereocenters. The highest BCUT2D eigenvalue weighted by Crippen LogP contribution is 2.18. The molecule has 0 spiro atoms. The third-order valence-electron chi connectivity index (χ3n) is 2.99. The van der Waals surface area contributed by atoms with Crippen molar-refractivity contribution in [2.24, 2.45) is 10.9 Å². The summed E-state index contributed by atoms with van der Waals surface area (Å²) in [6.07, 6.45) is 0. The molecular weight excluding hydrogens is 278 g/mol. The first-order valence-corrected chi connectivity index (χ1v) is 6.16. The van der Waals surface area contributed by atoms with Gasteiger partial charge in [0.25, 0.3) is 0 Å². The van der Waals surface area contributed by atoms with Crippen molar-refractivity contribution in [1.29, 1.82) is 0 Å². The van der Waals surface area contributed by atoms with Gasteiger partial charge < -0.3 is 15.7 Å². The van der Waals surface area contributed by atoms with Crippen LogP contribution in [-0.4, -0.2) is 11.0 Å². The molecule has 0 aliphatic heterocycles. The lowest BCUT2D eigenvalue weighted by atomic mass is 10.1. The number of halogens is 2. The molecule has 0 radical (unpaired) electrons. The molecule has 0 aromatic heterocycles. The van der Waals surface area contributed by atoms with E-state index < -0.39 is 5.82 Å². The zero-order valence-electron chi connectivity index (χ0n) is 11.3. The molecule has 21 heavy (non-hydrogen) atoms. The van der Waals surface area contributed by atoms with Crippen LogP contribution in [0.2, 0.25) is 0 Å². The first kappa shape index (κ1) is 14.8. The summed E-state index contributed by atoms with van der Waals surface area (Å²) in [4.78, 5) is 0. The van der Waals surface area contributed by atoms with Crippen molar-refractivity contribution in [1.82, 2.24) is 0 Å². The predicted octanol–water partition coefficient (Wildman–Crippen LogP) is 2.95. The van der Waals surface area contributed by atoms with Gasteiger partial charge in [0.15, 0.2) is 5.84 Å². The Balaban J connectivity index is 2.11. The molecule has 0 saturated heterocycles. The van der Waals surface area contributed by atoms with Crippen LogP contribution in [0.3, 0.4) is 0 Å². The number of amidine groups is 1. The minimum Gasteiger partial charge on any atom is -0.489 e. The van der Waals surface area contributed by atoms with Gasteiger partial charge in [-0.1, -0.05) is 23.4 Å². The largest absolute Gasteiger partial charge is 0.489 e. The second kappa shape index (κ2) is 6.21. The first-order chi connectivity index (χ1) is 10.0. The van der Waals surface area contributed by atoms with E-state index in [-0.39, 0.29) is 29.4 Å². The molecule has 0 unspecified atom stereocenters. The monoisotopic (exact) mass is 292 g/mol. The van der Waals surface area contributed by atoms with Crippen LogP contribution in [0.1, 0.15) is 16.7 Å². The van der Waals surface area contributed by atoms with Crippen molar-refractivity contribution in [2.45, 2.75) is 13.5 Å². The van der Waals surface area contributed by atoms with Crippen molar-refractivity contribution >= 4 is 5.84 Å². The summed E-state index contributed by atoms with van der Waals surface area (Å²) in [6.45, 7) is 1.59. The highest BCUT2D eigenvalue weighted by molar-refractivity contribution is 5.97. The number of oxime groups is 1. The van der Waals surface area contributed by atoms with Gasteiger partial charge in [-0.2, -0.15) is 0 Å². The zero-order valence-corrected chi connectivity index (χ0v) is 11.3. The summed E-state index contributed by atoms with van der Waals surface area (Å²) < 4.78 is 32.6. The second-order valence-corrected chi connectivity index (χ2v) is 4.49. The van der Waals surface area contributed by atoms with E-state index in [1.807, 2.05) is 0 Å². The molecule has 3 N–H and O–H groups in total. The van der Waals surface area contributed by atoms with Gasteiger partial charge in [0.1, 0.15) is 24.0 Å². The lowest BCUT2D eigenvalue weighted by Crippen LogP contribution is -2.13. The van der Waals surface area contributed by atoms with Crippen molar-refractivity contribution in [3.63, 3.8) is 0 Å². The zero-order chi connectivity index (χ0) is 15.4. The second-order valence-electron chi connectivity index (χ2n) is 4.49. The smallest absolute Gasteiger partial charge is 0.170 e. The summed E-state index contributed by atoms with van der Waals surface area (Å²) in [5.74, 6) is -0.790. The van der Waals surface area contributed by atoms with Gasteiger partial charge in [0, 0.05) is 17.2 Å². The van der Waals surface area contributed by atoms with Gasteiger partial charge >= 0.3 is 0 Å². The fourth-order valence-electron chi connectivity index (χ4n) is 1.71. The minimum atomic E-state index is -0.549. The normalized spacial score (nSPS) is 11.5. The van der Waals surface area contributed by atoms with Gasteiger partial charge in [-0.25, -0.2) is 8.78 Å². The minimum absolute atomic E-state index is 0.0508. The number of nitrogens with two attached hydrogens (primary N) is 1. The number of rotatable bonds is 4. The third-order valence-corrected chi connectivity index (χ3v) is 2.99. The van der Waals surface area contributed by atoms with Crippen molar-refractivity contribution in [2.75, 3.05) is 0 Å². The number of hydrogen-bond donors (Lipinski definition) is 2. The lowest BCUT2D eigenvalue weighted by molar-refractivity contribution is 0.298. The van der Waals surface area contributed by atoms with E-state index in [1.54, 1.807) is 19.1 Å². The van der Waals surface area contributed by atoms with E-state index in [0.29, 0.717) is 11.3 Å². The summed E-state index contributed by atoms with van der Waals surface area (Å²) in [5, 5.41) is 11.3. The van der Waals surface area contributed by atoms with Gasteiger partial charge in [-0.3, -0.25) is 0 Å². The van der Waals surface area contributed by atoms with Crippen LogP contribution in [0.25, 0.3) is 0 Å². The van der Waals surface area contributed by atoms with Crippen LogP contribution in [0.4, 0.5) is 8.78 Å². The lowest BCUT2D eigenvalue weighted by Gasteiger charge is -2.09. The number of aryl methyl sites for hydroxylation is 1. The van der Waals surface area contributed by atoms with Gasteiger partial charge in [-0.05, 0) is 24.6 Å². The van der Waals surface area contributed by atoms with Crippen LogP contribution in [0.5, 0.6) is 5.75 Å². The average molecular weight is 292 g/mol. The molecule has 0 aliphatic carbocycles. The van der Waals surface area contributed by atoms with Crippen molar-refractivity contribution in [3.8, 4) is 5.75 Å². The molecule has 2 aromatic carbocycles. The van der Waals surface area contributed by atoms with Crippen LogP contribution >= 0.6 is 0 Å². The van der Waals surface area contributed by atoms with Crippen LogP contribution in [0, 0.1) is 18.6 Å². The van der Waals surface area contributed by atoms with Gasteiger partial charge in [-0.15, -0.1) is 0 Å². The molecule has 2 aromatic rings. The molecule has 2 rings (SSSR count). The van der Waals surface area contributed by atoms with Crippen LogP contribution in [-0.2, 0) is 6.61 Å². The standard InChI is InChI=1S/C15H14F2N2O2/c1-9-2-5-12(7-13(9)16)21-8-11-4-3-10(6-14(11)17)15(18)19-20/h2-7,20H,8H2,1H3,(H2,18,19). The Morgan fingerprint density at radius 3 is 2.57 bits per heavy atom. The Kier molecular flexibility index (Phi) is 4.37. The van der Waals surface area contributed by atoms with E-state index >= 15 is 0 Å². The molecule has 4 nitrogen and oxygen atoms in total. The van der Waals surface area contributed by atoms with Gasteiger partial charge in [0.05, 0.1) is 0 Å². The quantitative estimate of drug-likeness (QED) is 0.394. The van der Waals surface area contributed by atoms with Crippen molar-refractivity contribution in [3.05, 3.63) is 64.7 Å². The summed E-state index contributed by atoms with van der Waals surface area (Å²) >= 11 is 0. The maximum absolute atomic E-state index is 13.8. The molecule has 0 fully saturated rings. The number of ether oxygens (including phenoxy) is 1. The Morgan fingerprint density at radius 2 is 1.95 bits per heavy atom. The molecule has 0 aliphatic rings. The van der Waals surface area contributed by atoms with E-state index in [2.05, 4.69) is 5.16 Å². The molecule has 0 amide bonds. The predicted molar refractivity (Wildman–Crippen MR) is 74.4 cm³/mol. The fourth-order valence-corrected chi connectivity index (χ4v) is 1.71. The maximum atomic E-state index is 13.8. The van der Waals surface area contributed by atoms with E-state index in [1.165, 1.54) is 18.2 Å². The Labute approximate surface area is 120 Å². The Hall–Kier alpha value is -2.63. The Bertz CT molecular complexity index is 687. The SMILES string of the molecule is Cc1ccc(OCc2ccc(/C(N)=N/O)cc2F)cc1F. The van der Waals surface area contributed by atoms with Crippen LogP contribution < -0.4 is 10.5 Å². The topological polar surface area (TPSA) is 67.8 Å². The van der Waals surface area contributed by atoms with E-state index in [4.69, 9.17) is 15.7 Å². The van der Waals surface area contributed by atoms with E-state index in [0.717, 1.165) is 6.07 Å². The maximum Gasteiger partial charge on any atom is 0.170 e. The summed E-state index contributed by atoms with van der Waals surface area (Å²) in [5.41, 5.74) is 6.43. The molecule has 110 valence electrons. The molecular formula is C15H14F2N2O2. The highest BCUT2D eigenvalue weighted by atomic mass is 19.1. The van der Waals surface area contributed by atoms with Crippen molar-refractivity contribution < 1.29 is 18.7 Å². The van der Waals surface area contributed by atoms with E-state index in [9.17, 15) is 8.78 Å². The average Bonchev–Trinajstić information content (AvgIpc) is 2.48. The summed E-state index contributed by atoms with van der Waals surface area (Å²) in [7, 11) is 0. The molecule has 6 heteroatoms. The molecule has 0 heterocycles. The van der Waals surface area contributed by atoms with Crippen LogP contribution in [0.15, 0.2) is 41.6 Å². The fraction of sp³-hybridized carbons (Fsp3) is 0.133. The third kappa shape index (κ3) is 3.47. The number of hydrogen-bond acceptors (Lipinski definition) is 3. The number of nitrogens with zero attached hydrogens (tertiary/aromatic N) is 1. The molecule has 0 saturated carbocycles. The number of benzene rings is 2. The molecule has 0 bridgehead atoms. The summed E-state index contributed by atoms with van der Waals surface area (Å²) in [6, 6.07) is 8.56. The van der Waals surface area contributed by atoms with Gasteiger partial charge in [0.2, 0.25) is 0 Å². The first-order valence-electron chi connectivity index (χ1n) is 6.16. The Morgan fingerprint density at radius 1 is 1.19 bits per heavy atom.